The highest BCUT2D eigenvalue weighted by atomic mass is 15.2. The summed E-state index contributed by atoms with van der Waals surface area (Å²) in [4.78, 5) is 2.42. The maximum absolute atomic E-state index is 9.39. The number of nitrogens with one attached hydrogen (secondary N) is 1. The molecule has 2 atom stereocenters. The van der Waals surface area contributed by atoms with Gasteiger partial charge in [0.15, 0.2) is 0 Å². The Hall–Kier alpha value is -0.590. The van der Waals surface area contributed by atoms with Crippen LogP contribution in [0.1, 0.15) is 45.4 Å². The van der Waals surface area contributed by atoms with Gasteiger partial charge in [0.2, 0.25) is 0 Å². The average molecular weight is 221 g/mol. The Morgan fingerprint density at radius 1 is 1.44 bits per heavy atom. The van der Waals surface area contributed by atoms with Crippen LogP contribution >= 0.6 is 0 Å². The van der Waals surface area contributed by atoms with Gasteiger partial charge in [0, 0.05) is 12.1 Å². The highest BCUT2D eigenvalue weighted by molar-refractivity contribution is 5.15. The molecule has 16 heavy (non-hydrogen) atoms. The SMILES string of the molecule is CCCN(C)C1CCC(C#N)(NC2CC2)C1. The highest BCUT2D eigenvalue weighted by Gasteiger charge is 2.43. The van der Waals surface area contributed by atoms with E-state index in [2.05, 4.69) is 30.3 Å². The van der Waals surface area contributed by atoms with Gasteiger partial charge in [-0.2, -0.15) is 5.26 Å². The quantitative estimate of drug-likeness (QED) is 0.770. The molecule has 3 heteroatoms. The Labute approximate surface area is 98.8 Å². The number of nitriles is 1. The molecule has 0 spiro atoms. The van der Waals surface area contributed by atoms with Crippen molar-refractivity contribution in [2.24, 2.45) is 0 Å². The lowest BCUT2D eigenvalue weighted by atomic mass is 9.99. The van der Waals surface area contributed by atoms with Crippen LogP contribution in [0.5, 0.6) is 0 Å². The maximum Gasteiger partial charge on any atom is 0.108 e. The molecule has 0 amide bonds. The summed E-state index contributed by atoms with van der Waals surface area (Å²) in [7, 11) is 2.19. The minimum Gasteiger partial charge on any atom is -0.303 e. The Morgan fingerprint density at radius 2 is 2.19 bits per heavy atom. The topological polar surface area (TPSA) is 39.1 Å². The zero-order valence-electron chi connectivity index (χ0n) is 10.5. The predicted octanol–water partition coefficient (Wildman–Crippen LogP) is 1.90. The standard InChI is InChI=1S/C13H23N3/c1-3-8-16(2)12-6-7-13(9-12,10-14)15-11-4-5-11/h11-12,15H,3-9H2,1-2H3. The van der Waals surface area contributed by atoms with E-state index in [1.165, 1.54) is 25.7 Å². The first-order valence-electron chi connectivity index (χ1n) is 6.58. The second kappa shape index (κ2) is 4.73. The van der Waals surface area contributed by atoms with Gasteiger partial charge in [0.1, 0.15) is 5.54 Å². The maximum atomic E-state index is 9.39. The van der Waals surface area contributed by atoms with E-state index < -0.39 is 0 Å². The van der Waals surface area contributed by atoms with Gasteiger partial charge < -0.3 is 4.90 Å². The summed E-state index contributed by atoms with van der Waals surface area (Å²) in [5.41, 5.74) is -0.214. The van der Waals surface area contributed by atoms with E-state index in [1.807, 2.05) is 0 Å². The third-order valence-electron chi connectivity index (χ3n) is 3.96. The summed E-state index contributed by atoms with van der Waals surface area (Å²) >= 11 is 0. The molecule has 0 aromatic rings. The van der Waals surface area contributed by atoms with E-state index in [-0.39, 0.29) is 5.54 Å². The predicted molar refractivity (Wildman–Crippen MR) is 65.1 cm³/mol. The summed E-state index contributed by atoms with van der Waals surface area (Å²) in [6.45, 7) is 3.36. The number of rotatable bonds is 5. The van der Waals surface area contributed by atoms with Crippen molar-refractivity contribution >= 4 is 0 Å². The van der Waals surface area contributed by atoms with Crippen molar-refractivity contribution in [3.05, 3.63) is 0 Å². The van der Waals surface area contributed by atoms with Gasteiger partial charge in [-0.05, 0) is 52.1 Å². The normalized spacial score (nSPS) is 34.2. The van der Waals surface area contributed by atoms with E-state index in [9.17, 15) is 5.26 Å². The van der Waals surface area contributed by atoms with Crippen molar-refractivity contribution in [1.82, 2.24) is 10.2 Å². The summed E-state index contributed by atoms with van der Waals surface area (Å²) in [5.74, 6) is 0. The molecule has 0 heterocycles. The monoisotopic (exact) mass is 221 g/mol. The van der Waals surface area contributed by atoms with E-state index in [0.717, 1.165) is 19.4 Å². The molecule has 3 nitrogen and oxygen atoms in total. The molecule has 0 bridgehead atoms. The summed E-state index contributed by atoms with van der Waals surface area (Å²) in [6.07, 6.45) is 6.93. The van der Waals surface area contributed by atoms with Gasteiger partial charge in [0.25, 0.3) is 0 Å². The third kappa shape index (κ3) is 2.56. The van der Waals surface area contributed by atoms with Crippen molar-refractivity contribution < 1.29 is 0 Å². The largest absolute Gasteiger partial charge is 0.303 e. The van der Waals surface area contributed by atoms with Crippen LogP contribution in [0.25, 0.3) is 0 Å². The Bertz CT molecular complexity index is 279. The summed E-state index contributed by atoms with van der Waals surface area (Å²) in [5, 5.41) is 12.9. The Balaban J connectivity index is 1.91. The first kappa shape index (κ1) is 11.9. The van der Waals surface area contributed by atoms with Gasteiger partial charge in [-0.15, -0.1) is 0 Å². The van der Waals surface area contributed by atoms with Gasteiger partial charge in [0.05, 0.1) is 6.07 Å². The first-order chi connectivity index (χ1) is 7.69. The molecule has 2 saturated carbocycles. The van der Waals surface area contributed by atoms with Crippen LogP contribution in [0.3, 0.4) is 0 Å². The van der Waals surface area contributed by atoms with Crippen LogP contribution in [0.2, 0.25) is 0 Å². The van der Waals surface area contributed by atoms with Crippen molar-refractivity contribution in [2.75, 3.05) is 13.6 Å². The fourth-order valence-electron chi connectivity index (χ4n) is 2.81. The molecule has 0 aliphatic heterocycles. The van der Waals surface area contributed by atoms with Gasteiger partial charge in [-0.25, -0.2) is 0 Å². The van der Waals surface area contributed by atoms with Gasteiger partial charge in [-0.3, -0.25) is 5.32 Å². The fourth-order valence-corrected chi connectivity index (χ4v) is 2.81. The van der Waals surface area contributed by atoms with Crippen LogP contribution in [0.15, 0.2) is 0 Å². The number of hydrogen-bond acceptors (Lipinski definition) is 3. The first-order valence-corrected chi connectivity index (χ1v) is 6.58. The van der Waals surface area contributed by atoms with E-state index in [0.29, 0.717) is 12.1 Å². The molecule has 0 aromatic carbocycles. The molecule has 0 aromatic heterocycles. The smallest absolute Gasteiger partial charge is 0.108 e. The van der Waals surface area contributed by atoms with Crippen LogP contribution in [-0.2, 0) is 0 Å². The van der Waals surface area contributed by atoms with E-state index in [4.69, 9.17) is 0 Å². The molecule has 2 rings (SSSR count). The molecule has 0 saturated heterocycles. The summed E-state index contributed by atoms with van der Waals surface area (Å²) in [6, 6.07) is 3.77. The Kier molecular flexibility index (Phi) is 3.51. The lowest BCUT2D eigenvalue weighted by Crippen LogP contribution is -2.44. The lowest BCUT2D eigenvalue weighted by Gasteiger charge is -2.26. The molecular weight excluding hydrogens is 198 g/mol. The molecule has 1 N–H and O–H groups in total. The zero-order chi connectivity index (χ0) is 11.6. The van der Waals surface area contributed by atoms with Crippen LogP contribution in [0.4, 0.5) is 0 Å². The van der Waals surface area contributed by atoms with Crippen LogP contribution in [-0.4, -0.2) is 36.1 Å². The third-order valence-corrected chi connectivity index (χ3v) is 3.96. The van der Waals surface area contributed by atoms with E-state index >= 15 is 0 Å². The molecule has 2 fully saturated rings. The van der Waals surface area contributed by atoms with Crippen molar-refractivity contribution in [1.29, 1.82) is 5.26 Å². The second-order valence-corrected chi connectivity index (χ2v) is 5.49. The summed E-state index contributed by atoms with van der Waals surface area (Å²) < 4.78 is 0. The van der Waals surface area contributed by atoms with Crippen molar-refractivity contribution in [3.8, 4) is 6.07 Å². The van der Waals surface area contributed by atoms with Crippen molar-refractivity contribution in [3.63, 3.8) is 0 Å². The zero-order valence-corrected chi connectivity index (χ0v) is 10.5. The number of nitrogens with zero attached hydrogens (tertiary/aromatic N) is 2. The lowest BCUT2D eigenvalue weighted by molar-refractivity contribution is 0.236. The van der Waals surface area contributed by atoms with Crippen LogP contribution < -0.4 is 5.32 Å². The fraction of sp³-hybridized carbons (Fsp3) is 0.923. The minimum atomic E-state index is -0.214. The molecule has 2 aliphatic carbocycles. The van der Waals surface area contributed by atoms with Crippen molar-refractivity contribution in [2.45, 2.75) is 63.1 Å². The van der Waals surface area contributed by atoms with E-state index in [1.54, 1.807) is 0 Å². The molecule has 2 aliphatic rings. The molecule has 0 radical (unpaired) electrons. The van der Waals surface area contributed by atoms with Gasteiger partial charge >= 0.3 is 0 Å². The van der Waals surface area contributed by atoms with Gasteiger partial charge in [-0.1, -0.05) is 6.92 Å². The number of hydrogen-bond donors (Lipinski definition) is 1. The highest BCUT2D eigenvalue weighted by Crippen LogP contribution is 2.35. The second-order valence-electron chi connectivity index (χ2n) is 5.49. The van der Waals surface area contributed by atoms with Crippen LogP contribution in [0, 0.1) is 11.3 Å². The molecule has 90 valence electrons. The average Bonchev–Trinajstić information content (AvgIpc) is 2.97. The Morgan fingerprint density at radius 3 is 2.75 bits per heavy atom. The minimum absolute atomic E-state index is 0.214. The molecular formula is C13H23N3. The molecule has 2 unspecified atom stereocenters.